The third-order valence-electron chi connectivity index (χ3n) is 5.38. The molecule has 3 aromatic rings. The number of aromatic nitrogens is 3. The highest BCUT2D eigenvalue weighted by molar-refractivity contribution is 5.78. The van der Waals surface area contributed by atoms with Crippen LogP contribution >= 0.6 is 0 Å². The van der Waals surface area contributed by atoms with Gasteiger partial charge in [0.2, 0.25) is 5.91 Å². The van der Waals surface area contributed by atoms with Crippen molar-refractivity contribution in [3.05, 3.63) is 87.9 Å². The summed E-state index contributed by atoms with van der Waals surface area (Å²) in [5.74, 6) is 0.562. The Morgan fingerprint density at radius 3 is 2.41 bits per heavy atom. The maximum Gasteiger partial charge on any atom is 0.343 e. The van der Waals surface area contributed by atoms with E-state index in [1.807, 2.05) is 35.2 Å². The summed E-state index contributed by atoms with van der Waals surface area (Å²) in [4.78, 5) is 29.5. The lowest BCUT2D eigenvalue weighted by Gasteiger charge is -2.31. The van der Waals surface area contributed by atoms with Crippen LogP contribution in [0.1, 0.15) is 35.7 Å². The summed E-state index contributed by atoms with van der Waals surface area (Å²) in [5, 5.41) is 4.48. The molecule has 1 amide bonds. The van der Waals surface area contributed by atoms with Gasteiger partial charge in [0, 0.05) is 19.0 Å². The van der Waals surface area contributed by atoms with Crippen molar-refractivity contribution in [2.24, 2.45) is 0 Å². The van der Waals surface area contributed by atoms with Crippen molar-refractivity contribution >= 4 is 5.91 Å². The van der Waals surface area contributed by atoms with Crippen LogP contribution in [0.4, 0.5) is 4.39 Å². The Morgan fingerprint density at radius 1 is 1.03 bits per heavy atom. The molecule has 2 aromatic carbocycles. The standard InChI is InChI=1S/C22H23FN4O2/c23-19-8-6-16(7-9-19)14-20(28)26-12-10-18(11-13-26)21-24-22(29)27(25-21)15-17-4-2-1-3-5-17/h1-9,18H,10-15H2,(H,24,25,29). The van der Waals surface area contributed by atoms with Gasteiger partial charge in [-0.2, -0.15) is 5.10 Å². The minimum Gasteiger partial charge on any atom is -0.342 e. The monoisotopic (exact) mass is 394 g/mol. The molecular weight excluding hydrogens is 371 g/mol. The Labute approximate surface area is 168 Å². The lowest BCUT2D eigenvalue weighted by Crippen LogP contribution is -2.39. The van der Waals surface area contributed by atoms with Crippen molar-refractivity contribution < 1.29 is 9.18 Å². The molecule has 1 aliphatic rings. The van der Waals surface area contributed by atoms with Gasteiger partial charge in [0.15, 0.2) is 0 Å². The summed E-state index contributed by atoms with van der Waals surface area (Å²) in [7, 11) is 0. The second kappa shape index (κ2) is 8.43. The van der Waals surface area contributed by atoms with Gasteiger partial charge in [0.25, 0.3) is 0 Å². The molecular formula is C22H23FN4O2. The Hall–Kier alpha value is -3.22. The van der Waals surface area contributed by atoms with Gasteiger partial charge in [-0.05, 0) is 36.1 Å². The normalized spacial score (nSPS) is 14.9. The Balaban J connectivity index is 1.34. The lowest BCUT2D eigenvalue weighted by atomic mass is 9.95. The predicted molar refractivity (Wildman–Crippen MR) is 107 cm³/mol. The van der Waals surface area contributed by atoms with Crippen LogP contribution in [0.2, 0.25) is 0 Å². The van der Waals surface area contributed by atoms with Gasteiger partial charge in [-0.1, -0.05) is 42.5 Å². The summed E-state index contributed by atoms with van der Waals surface area (Å²) >= 11 is 0. The van der Waals surface area contributed by atoms with E-state index in [9.17, 15) is 14.0 Å². The van der Waals surface area contributed by atoms with Crippen LogP contribution in [-0.4, -0.2) is 38.7 Å². The van der Waals surface area contributed by atoms with E-state index in [0.29, 0.717) is 25.5 Å². The topological polar surface area (TPSA) is 71.0 Å². The number of hydrogen-bond donors (Lipinski definition) is 1. The summed E-state index contributed by atoms with van der Waals surface area (Å²) in [5.41, 5.74) is 1.62. The largest absolute Gasteiger partial charge is 0.343 e. The van der Waals surface area contributed by atoms with Crippen LogP contribution in [0, 0.1) is 5.82 Å². The molecule has 150 valence electrons. The number of hydrogen-bond acceptors (Lipinski definition) is 3. The van der Waals surface area contributed by atoms with Crippen LogP contribution in [0.5, 0.6) is 0 Å². The highest BCUT2D eigenvalue weighted by atomic mass is 19.1. The Bertz CT molecular complexity index is 1020. The van der Waals surface area contributed by atoms with Gasteiger partial charge in [0.1, 0.15) is 11.6 Å². The van der Waals surface area contributed by atoms with Gasteiger partial charge >= 0.3 is 5.69 Å². The molecule has 0 saturated carbocycles. The van der Waals surface area contributed by atoms with Gasteiger partial charge in [-0.15, -0.1) is 0 Å². The average molecular weight is 394 g/mol. The van der Waals surface area contributed by atoms with Crippen molar-refractivity contribution in [3.63, 3.8) is 0 Å². The van der Waals surface area contributed by atoms with Crippen LogP contribution in [0.15, 0.2) is 59.4 Å². The molecule has 1 aromatic heterocycles. The van der Waals surface area contributed by atoms with Crippen molar-refractivity contribution in [1.29, 1.82) is 0 Å². The molecule has 1 saturated heterocycles. The summed E-state index contributed by atoms with van der Waals surface area (Å²) in [6.45, 7) is 1.68. The van der Waals surface area contributed by atoms with E-state index >= 15 is 0 Å². The number of H-pyrrole nitrogens is 1. The minimum absolute atomic E-state index is 0.0400. The fourth-order valence-electron chi connectivity index (χ4n) is 3.71. The van der Waals surface area contributed by atoms with Crippen LogP contribution in [0.25, 0.3) is 0 Å². The number of piperidine rings is 1. The molecule has 0 aliphatic carbocycles. The first-order chi connectivity index (χ1) is 14.1. The highest BCUT2D eigenvalue weighted by Crippen LogP contribution is 2.25. The van der Waals surface area contributed by atoms with Crippen LogP contribution < -0.4 is 5.69 Å². The molecule has 29 heavy (non-hydrogen) atoms. The maximum absolute atomic E-state index is 13.0. The van der Waals surface area contributed by atoms with Gasteiger partial charge in [-0.3, -0.25) is 9.78 Å². The second-order valence-corrected chi connectivity index (χ2v) is 7.42. The maximum atomic E-state index is 13.0. The molecule has 1 aliphatic heterocycles. The van der Waals surface area contributed by atoms with E-state index in [0.717, 1.165) is 24.0 Å². The Morgan fingerprint density at radius 2 is 1.72 bits per heavy atom. The SMILES string of the molecule is O=C(Cc1ccc(F)cc1)N1CCC(c2nn(Cc3ccccc3)c(=O)[nH]2)CC1. The van der Waals surface area contributed by atoms with Crippen molar-refractivity contribution in [3.8, 4) is 0 Å². The summed E-state index contributed by atoms with van der Waals surface area (Å²) in [6.07, 6.45) is 1.79. The fraction of sp³-hybridized carbons (Fsp3) is 0.318. The predicted octanol–water partition coefficient (Wildman–Crippen LogP) is 2.71. The van der Waals surface area contributed by atoms with E-state index in [4.69, 9.17) is 0 Å². The van der Waals surface area contributed by atoms with Crippen molar-refractivity contribution in [2.45, 2.75) is 31.7 Å². The highest BCUT2D eigenvalue weighted by Gasteiger charge is 2.26. The fourth-order valence-corrected chi connectivity index (χ4v) is 3.71. The van der Waals surface area contributed by atoms with Gasteiger partial charge in [0.05, 0.1) is 13.0 Å². The number of amides is 1. The second-order valence-electron chi connectivity index (χ2n) is 7.42. The molecule has 1 N–H and O–H groups in total. The zero-order valence-electron chi connectivity index (χ0n) is 16.1. The number of halogens is 1. The van der Waals surface area contributed by atoms with E-state index < -0.39 is 0 Å². The smallest absolute Gasteiger partial charge is 0.342 e. The first kappa shape index (κ1) is 19.1. The number of nitrogens with zero attached hydrogens (tertiary/aromatic N) is 3. The zero-order chi connectivity index (χ0) is 20.2. The number of carbonyl (C=O) groups excluding carboxylic acids is 1. The molecule has 2 heterocycles. The van der Waals surface area contributed by atoms with Crippen LogP contribution in [-0.2, 0) is 17.8 Å². The molecule has 0 unspecified atom stereocenters. The summed E-state index contributed by atoms with van der Waals surface area (Å²) < 4.78 is 14.5. The minimum atomic E-state index is -0.303. The number of aromatic amines is 1. The molecule has 0 atom stereocenters. The van der Waals surface area contributed by atoms with E-state index in [1.54, 1.807) is 12.1 Å². The molecule has 1 fully saturated rings. The molecule has 7 heteroatoms. The Kier molecular flexibility index (Phi) is 5.55. The molecule has 0 radical (unpaired) electrons. The third-order valence-corrected chi connectivity index (χ3v) is 5.38. The molecule has 0 spiro atoms. The number of carbonyl (C=O) groups is 1. The average Bonchev–Trinajstić information content (AvgIpc) is 3.11. The number of benzene rings is 2. The molecule has 4 rings (SSSR count). The van der Waals surface area contributed by atoms with Gasteiger partial charge in [-0.25, -0.2) is 13.9 Å². The zero-order valence-corrected chi connectivity index (χ0v) is 16.1. The van der Waals surface area contributed by atoms with Crippen LogP contribution in [0.3, 0.4) is 0 Å². The number of nitrogens with one attached hydrogen (secondary N) is 1. The number of rotatable bonds is 5. The van der Waals surface area contributed by atoms with Crippen molar-refractivity contribution in [1.82, 2.24) is 19.7 Å². The molecule has 0 bridgehead atoms. The quantitative estimate of drug-likeness (QED) is 0.723. The van der Waals surface area contributed by atoms with Crippen molar-refractivity contribution in [2.75, 3.05) is 13.1 Å². The first-order valence-electron chi connectivity index (χ1n) is 9.81. The van der Waals surface area contributed by atoms with E-state index in [1.165, 1.54) is 16.8 Å². The number of likely N-dealkylation sites (tertiary alicyclic amines) is 1. The third kappa shape index (κ3) is 4.62. The molecule has 6 nitrogen and oxygen atoms in total. The summed E-state index contributed by atoms with van der Waals surface area (Å²) in [6, 6.07) is 15.8. The first-order valence-corrected chi connectivity index (χ1v) is 9.81. The van der Waals surface area contributed by atoms with Gasteiger partial charge < -0.3 is 4.90 Å². The van der Waals surface area contributed by atoms with E-state index in [-0.39, 0.29) is 29.8 Å². The lowest BCUT2D eigenvalue weighted by molar-refractivity contribution is -0.131. The van der Waals surface area contributed by atoms with E-state index in [2.05, 4.69) is 10.1 Å².